The SMILES string of the molecule is CCOP(=O)(OCC)c1c(-c2ccc(OC)cc2)oc2ccccc2c1=O. The average molecular weight is 388 g/mol. The van der Waals surface area contributed by atoms with Gasteiger partial charge in [0.2, 0.25) is 5.43 Å². The van der Waals surface area contributed by atoms with Gasteiger partial charge in [-0.2, -0.15) is 0 Å². The monoisotopic (exact) mass is 388 g/mol. The molecule has 0 amide bonds. The zero-order chi connectivity index (χ0) is 19.4. The fourth-order valence-corrected chi connectivity index (χ4v) is 4.63. The van der Waals surface area contributed by atoms with Gasteiger partial charge in [-0.15, -0.1) is 0 Å². The van der Waals surface area contributed by atoms with Crippen LogP contribution in [0.1, 0.15) is 13.8 Å². The summed E-state index contributed by atoms with van der Waals surface area (Å²) in [6, 6.07) is 13.8. The molecule has 0 N–H and O–H groups in total. The molecule has 3 rings (SSSR count). The molecule has 1 aromatic heterocycles. The lowest BCUT2D eigenvalue weighted by Gasteiger charge is -2.19. The van der Waals surface area contributed by atoms with Crippen LogP contribution in [0.25, 0.3) is 22.3 Å². The Balaban J connectivity index is 2.36. The highest BCUT2D eigenvalue weighted by Crippen LogP contribution is 2.48. The Morgan fingerprint density at radius 3 is 2.19 bits per heavy atom. The van der Waals surface area contributed by atoms with Gasteiger partial charge >= 0.3 is 7.60 Å². The van der Waals surface area contributed by atoms with Crippen LogP contribution in [-0.2, 0) is 13.6 Å². The maximum absolute atomic E-state index is 13.5. The van der Waals surface area contributed by atoms with Gasteiger partial charge in [0, 0.05) is 5.56 Å². The van der Waals surface area contributed by atoms with Crippen LogP contribution >= 0.6 is 7.60 Å². The molecule has 27 heavy (non-hydrogen) atoms. The number of hydrogen-bond donors (Lipinski definition) is 0. The van der Waals surface area contributed by atoms with Gasteiger partial charge in [-0.1, -0.05) is 12.1 Å². The Morgan fingerprint density at radius 1 is 0.963 bits per heavy atom. The standard InChI is InChI=1S/C20H21O6P/c1-4-24-27(22,25-5-2)20-18(21)16-8-6-7-9-17(16)26-19(20)14-10-12-15(23-3)13-11-14/h6-13H,4-5H2,1-3H3. The zero-order valence-electron chi connectivity index (χ0n) is 15.4. The minimum absolute atomic E-state index is 0.0879. The molecule has 0 aliphatic heterocycles. The van der Waals surface area contributed by atoms with E-state index in [9.17, 15) is 9.36 Å². The molecule has 7 heteroatoms. The topological polar surface area (TPSA) is 75.0 Å². The Kier molecular flexibility index (Phi) is 5.80. The summed E-state index contributed by atoms with van der Waals surface area (Å²) in [5.41, 5.74) is 0.554. The summed E-state index contributed by atoms with van der Waals surface area (Å²) in [6.07, 6.45) is 0. The molecule has 2 aromatic carbocycles. The predicted molar refractivity (Wildman–Crippen MR) is 105 cm³/mol. The van der Waals surface area contributed by atoms with E-state index in [1.807, 2.05) is 0 Å². The minimum atomic E-state index is -3.87. The summed E-state index contributed by atoms with van der Waals surface area (Å²) in [6.45, 7) is 3.65. The van der Waals surface area contributed by atoms with E-state index < -0.39 is 13.0 Å². The lowest BCUT2D eigenvalue weighted by molar-refractivity contribution is 0.229. The van der Waals surface area contributed by atoms with Crippen molar-refractivity contribution in [3.05, 3.63) is 58.8 Å². The van der Waals surface area contributed by atoms with Crippen LogP contribution < -0.4 is 15.5 Å². The summed E-state index contributed by atoms with van der Waals surface area (Å²) in [5, 5.41) is 0.236. The second kappa shape index (κ2) is 8.09. The van der Waals surface area contributed by atoms with Crippen molar-refractivity contribution >= 4 is 23.9 Å². The second-order valence-corrected chi connectivity index (χ2v) is 7.63. The molecule has 0 atom stereocenters. The van der Waals surface area contributed by atoms with Gasteiger partial charge < -0.3 is 18.2 Å². The first-order valence-corrected chi connectivity index (χ1v) is 10.2. The fourth-order valence-electron chi connectivity index (χ4n) is 2.83. The van der Waals surface area contributed by atoms with Crippen molar-refractivity contribution in [1.82, 2.24) is 0 Å². The van der Waals surface area contributed by atoms with Crippen LogP contribution in [0.2, 0.25) is 0 Å². The van der Waals surface area contributed by atoms with Crippen molar-refractivity contribution in [3.8, 4) is 17.1 Å². The van der Waals surface area contributed by atoms with E-state index in [-0.39, 0.29) is 24.3 Å². The highest BCUT2D eigenvalue weighted by molar-refractivity contribution is 7.62. The normalized spacial score (nSPS) is 11.7. The largest absolute Gasteiger partial charge is 0.497 e. The van der Waals surface area contributed by atoms with E-state index in [0.29, 0.717) is 22.3 Å². The number of fused-ring (bicyclic) bond motifs is 1. The quantitative estimate of drug-likeness (QED) is 0.560. The van der Waals surface area contributed by atoms with Crippen molar-refractivity contribution in [1.29, 1.82) is 0 Å². The molecule has 0 saturated heterocycles. The molecular formula is C20H21O6P. The first kappa shape index (κ1) is 19.4. The Hall–Kier alpha value is -2.40. The van der Waals surface area contributed by atoms with Crippen LogP contribution in [0.4, 0.5) is 0 Å². The number of benzene rings is 2. The highest BCUT2D eigenvalue weighted by Gasteiger charge is 2.36. The molecule has 142 valence electrons. The Bertz CT molecular complexity index is 1030. The molecule has 0 aliphatic carbocycles. The maximum Gasteiger partial charge on any atom is 0.369 e. The van der Waals surface area contributed by atoms with Gasteiger partial charge in [-0.3, -0.25) is 9.36 Å². The third-order valence-electron chi connectivity index (χ3n) is 4.00. The van der Waals surface area contributed by atoms with Crippen LogP contribution in [0.5, 0.6) is 5.75 Å². The number of rotatable bonds is 7. The van der Waals surface area contributed by atoms with E-state index in [1.165, 1.54) is 0 Å². The molecule has 0 aliphatic rings. The number of hydrogen-bond acceptors (Lipinski definition) is 6. The van der Waals surface area contributed by atoms with Crippen molar-refractivity contribution in [2.45, 2.75) is 13.8 Å². The molecule has 1 heterocycles. The number of methoxy groups -OCH3 is 1. The van der Waals surface area contributed by atoms with Gasteiger partial charge in [0.15, 0.2) is 11.1 Å². The third-order valence-corrected chi connectivity index (χ3v) is 6.15. The van der Waals surface area contributed by atoms with Crippen LogP contribution in [0, 0.1) is 0 Å². The first-order valence-electron chi connectivity index (χ1n) is 8.64. The third kappa shape index (κ3) is 3.69. The van der Waals surface area contributed by atoms with Crippen molar-refractivity contribution in [2.24, 2.45) is 0 Å². The van der Waals surface area contributed by atoms with E-state index in [4.69, 9.17) is 18.2 Å². The van der Waals surface area contributed by atoms with Gasteiger partial charge in [0.05, 0.1) is 25.7 Å². The molecule has 6 nitrogen and oxygen atoms in total. The number of ether oxygens (including phenoxy) is 1. The van der Waals surface area contributed by atoms with Crippen LogP contribution in [0.3, 0.4) is 0 Å². The lowest BCUT2D eigenvalue weighted by atomic mass is 10.1. The van der Waals surface area contributed by atoms with Gasteiger partial charge in [0.1, 0.15) is 11.3 Å². The van der Waals surface area contributed by atoms with Gasteiger partial charge in [-0.05, 0) is 50.2 Å². The summed E-state index contributed by atoms with van der Waals surface area (Å²) in [5.74, 6) is 0.827. The average Bonchev–Trinajstić information content (AvgIpc) is 2.68. The minimum Gasteiger partial charge on any atom is -0.497 e. The molecular weight excluding hydrogens is 367 g/mol. The van der Waals surface area contributed by atoms with Crippen LogP contribution in [-0.4, -0.2) is 20.3 Å². The molecule has 0 radical (unpaired) electrons. The van der Waals surface area contributed by atoms with E-state index in [1.54, 1.807) is 69.5 Å². The van der Waals surface area contributed by atoms with E-state index in [0.717, 1.165) is 0 Å². The van der Waals surface area contributed by atoms with Crippen molar-refractivity contribution in [2.75, 3.05) is 20.3 Å². The van der Waals surface area contributed by atoms with Gasteiger partial charge in [-0.25, -0.2) is 0 Å². The lowest BCUT2D eigenvalue weighted by Crippen LogP contribution is -2.29. The predicted octanol–water partition coefficient (Wildman–Crippen LogP) is 4.36. The Labute approximate surface area is 157 Å². The Morgan fingerprint density at radius 2 is 1.59 bits per heavy atom. The molecule has 0 bridgehead atoms. The number of para-hydroxylation sites is 1. The summed E-state index contributed by atoms with van der Waals surface area (Å²) < 4.78 is 35.5. The van der Waals surface area contributed by atoms with Gasteiger partial charge in [0.25, 0.3) is 0 Å². The molecule has 0 unspecified atom stereocenters. The highest BCUT2D eigenvalue weighted by atomic mass is 31.2. The smallest absolute Gasteiger partial charge is 0.369 e. The van der Waals surface area contributed by atoms with Crippen molar-refractivity contribution < 1.29 is 22.8 Å². The molecule has 0 spiro atoms. The maximum atomic E-state index is 13.5. The van der Waals surface area contributed by atoms with Crippen molar-refractivity contribution in [3.63, 3.8) is 0 Å². The summed E-state index contributed by atoms with van der Waals surface area (Å²) >= 11 is 0. The molecule has 0 saturated carbocycles. The second-order valence-electron chi connectivity index (χ2n) is 5.67. The summed E-state index contributed by atoms with van der Waals surface area (Å²) in [4.78, 5) is 13.2. The molecule has 0 fully saturated rings. The van der Waals surface area contributed by atoms with E-state index in [2.05, 4.69) is 0 Å². The fraction of sp³-hybridized carbons (Fsp3) is 0.250. The summed E-state index contributed by atoms with van der Waals surface area (Å²) in [7, 11) is -2.31. The van der Waals surface area contributed by atoms with E-state index >= 15 is 0 Å². The zero-order valence-corrected chi connectivity index (χ0v) is 16.3. The molecule has 3 aromatic rings. The first-order chi connectivity index (χ1) is 13.0. The van der Waals surface area contributed by atoms with Crippen LogP contribution in [0.15, 0.2) is 57.7 Å².